The molecule has 0 unspecified atom stereocenters. The Balaban J connectivity index is 1.99. The first kappa shape index (κ1) is 13.0. The molecule has 1 fully saturated rings. The molecule has 2 rings (SSSR count). The molecular formula is C12H19N3O3. The minimum atomic E-state index is -0.336. The number of carbonyl (C=O) groups excluding carboxylic acids is 1. The molecule has 1 aliphatic heterocycles. The van der Waals surface area contributed by atoms with Gasteiger partial charge in [-0.25, -0.2) is 9.78 Å². The van der Waals surface area contributed by atoms with Gasteiger partial charge < -0.3 is 14.0 Å². The van der Waals surface area contributed by atoms with Crippen molar-refractivity contribution in [3.63, 3.8) is 0 Å². The summed E-state index contributed by atoms with van der Waals surface area (Å²) in [7, 11) is 1.39. The molecule has 0 bridgehead atoms. The van der Waals surface area contributed by atoms with Gasteiger partial charge in [-0.2, -0.15) is 0 Å². The fraction of sp³-hybridized carbons (Fsp3) is 0.667. The van der Waals surface area contributed by atoms with E-state index in [0.29, 0.717) is 5.69 Å². The van der Waals surface area contributed by atoms with Gasteiger partial charge in [0.15, 0.2) is 0 Å². The normalized spacial score (nSPS) is 16.8. The average Bonchev–Trinajstić information content (AvgIpc) is 2.78. The first-order valence-electron chi connectivity index (χ1n) is 6.13. The predicted octanol–water partition coefficient (Wildman–Crippen LogP) is 0.310. The van der Waals surface area contributed by atoms with E-state index in [4.69, 9.17) is 9.47 Å². The average molecular weight is 253 g/mol. The Labute approximate surface area is 106 Å². The number of methoxy groups -OCH3 is 1. The van der Waals surface area contributed by atoms with E-state index >= 15 is 0 Å². The number of esters is 1. The molecule has 6 heteroatoms. The second-order valence-corrected chi connectivity index (χ2v) is 4.29. The van der Waals surface area contributed by atoms with Crippen LogP contribution in [0.4, 0.5) is 0 Å². The molecule has 0 aromatic carbocycles. The summed E-state index contributed by atoms with van der Waals surface area (Å²) in [5.41, 5.74) is 0.517. The monoisotopic (exact) mass is 253 g/mol. The Hall–Kier alpha value is -1.40. The van der Waals surface area contributed by atoms with Crippen LogP contribution < -0.4 is 0 Å². The third-order valence-corrected chi connectivity index (χ3v) is 3.19. The van der Waals surface area contributed by atoms with Gasteiger partial charge in [-0.05, 0) is 6.92 Å². The topological polar surface area (TPSA) is 56.6 Å². The Morgan fingerprint density at radius 1 is 1.44 bits per heavy atom. The number of aryl methyl sites for hydroxylation is 1. The van der Waals surface area contributed by atoms with Crippen molar-refractivity contribution >= 4 is 5.97 Å². The lowest BCUT2D eigenvalue weighted by Gasteiger charge is -2.26. The maximum absolute atomic E-state index is 11.6. The van der Waals surface area contributed by atoms with E-state index in [1.54, 1.807) is 6.20 Å². The number of ether oxygens (including phenoxy) is 2. The Morgan fingerprint density at radius 3 is 2.83 bits per heavy atom. The van der Waals surface area contributed by atoms with Gasteiger partial charge in [0.2, 0.25) is 0 Å². The molecule has 1 aliphatic rings. The summed E-state index contributed by atoms with van der Waals surface area (Å²) in [6.45, 7) is 6.99. The maximum atomic E-state index is 11.6. The van der Waals surface area contributed by atoms with E-state index in [-0.39, 0.29) is 5.97 Å². The number of rotatable bonds is 4. The number of morpholine rings is 1. The van der Waals surface area contributed by atoms with Gasteiger partial charge in [0.25, 0.3) is 0 Å². The van der Waals surface area contributed by atoms with Crippen molar-refractivity contribution in [3.8, 4) is 0 Å². The third-order valence-electron chi connectivity index (χ3n) is 3.19. The van der Waals surface area contributed by atoms with E-state index in [9.17, 15) is 4.79 Å². The van der Waals surface area contributed by atoms with Gasteiger partial charge in [0.05, 0.1) is 26.5 Å². The Bertz CT molecular complexity index is 411. The van der Waals surface area contributed by atoms with Crippen LogP contribution in [0, 0.1) is 6.92 Å². The molecule has 18 heavy (non-hydrogen) atoms. The predicted molar refractivity (Wildman–Crippen MR) is 65.6 cm³/mol. The standard InChI is InChI=1S/C12H19N3O3/c1-10-13-9-11(12(16)17-2)15(10)4-3-14-5-7-18-8-6-14/h9H,3-8H2,1-2H3. The van der Waals surface area contributed by atoms with E-state index in [2.05, 4.69) is 9.88 Å². The summed E-state index contributed by atoms with van der Waals surface area (Å²) in [6.07, 6.45) is 1.57. The number of hydrogen-bond donors (Lipinski definition) is 0. The van der Waals surface area contributed by atoms with Crippen LogP contribution in [0.1, 0.15) is 16.3 Å². The molecular weight excluding hydrogens is 234 g/mol. The molecule has 2 heterocycles. The zero-order valence-electron chi connectivity index (χ0n) is 10.9. The zero-order chi connectivity index (χ0) is 13.0. The van der Waals surface area contributed by atoms with Crippen LogP contribution in [0.15, 0.2) is 6.20 Å². The highest BCUT2D eigenvalue weighted by molar-refractivity contribution is 5.87. The van der Waals surface area contributed by atoms with Crippen molar-refractivity contribution in [1.29, 1.82) is 0 Å². The van der Waals surface area contributed by atoms with Crippen LogP contribution in [0.2, 0.25) is 0 Å². The molecule has 0 amide bonds. The molecule has 0 spiro atoms. The van der Waals surface area contributed by atoms with Gasteiger partial charge in [-0.3, -0.25) is 4.90 Å². The van der Waals surface area contributed by atoms with Crippen LogP contribution in [0.25, 0.3) is 0 Å². The number of aromatic nitrogens is 2. The fourth-order valence-electron chi connectivity index (χ4n) is 2.08. The molecule has 1 saturated heterocycles. The Kier molecular flexibility index (Phi) is 4.33. The summed E-state index contributed by atoms with van der Waals surface area (Å²) in [4.78, 5) is 18.1. The van der Waals surface area contributed by atoms with Crippen LogP contribution in [-0.4, -0.2) is 60.4 Å². The summed E-state index contributed by atoms with van der Waals surface area (Å²) in [5, 5.41) is 0. The molecule has 0 N–H and O–H groups in total. The second-order valence-electron chi connectivity index (χ2n) is 4.29. The number of nitrogens with zero attached hydrogens (tertiary/aromatic N) is 3. The summed E-state index contributed by atoms with van der Waals surface area (Å²) >= 11 is 0. The van der Waals surface area contributed by atoms with E-state index < -0.39 is 0 Å². The third kappa shape index (κ3) is 2.88. The minimum Gasteiger partial charge on any atom is -0.464 e. The molecule has 1 aromatic rings. The largest absolute Gasteiger partial charge is 0.464 e. The van der Waals surface area contributed by atoms with Crippen LogP contribution in [-0.2, 0) is 16.0 Å². The first-order valence-corrected chi connectivity index (χ1v) is 6.13. The van der Waals surface area contributed by atoms with E-state index in [1.165, 1.54) is 7.11 Å². The van der Waals surface area contributed by atoms with Crippen molar-refractivity contribution in [2.24, 2.45) is 0 Å². The second kappa shape index (κ2) is 5.97. The van der Waals surface area contributed by atoms with Crippen molar-refractivity contribution < 1.29 is 14.3 Å². The van der Waals surface area contributed by atoms with Gasteiger partial charge >= 0.3 is 5.97 Å². The SMILES string of the molecule is COC(=O)c1cnc(C)n1CCN1CCOCC1. The smallest absolute Gasteiger partial charge is 0.356 e. The molecule has 100 valence electrons. The van der Waals surface area contributed by atoms with Crippen LogP contribution in [0.3, 0.4) is 0 Å². The van der Waals surface area contributed by atoms with Gasteiger partial charge in [0.1, 0.15) is 11.5 Å². The van der Waals surface area contributed by atoms with E-state index in [0.717, 1.165) is 45.2 Å². The maximum Gasteiger partial charge on any atom is 0.356 e. The van der Waals surface area contributed by atoms with Crippen LogP contribution in [0.5, 0.6) is 0 Å². The zero-order valence-corrected chi connectivity index (χ0v) is 10.9. The molecule has 0 radical (unpaired) electrons. The van der Waals surface area contributed by atoms with Crippen molar-refractivity contribution in [1.82, 2.24) is 14.5 Å². The molecule has 0 aliphatic carbocycles. The van der Waals surface area contributed by atoms with Gasteiger partial charge in [-0.1, -0.05) is 0 Å². The molecule has 0 atom stereocenters. The summed E-state index contributed by atoms with van der Waals surface area (Å²) in [6, 6.07) is 0. The van der Waals surface area contributed by atoms with E-state index in [1.807, 2.05) is 11.5 Å². The van der Waals surface area contributed by atoms with Crippen molar-refractivity contribution in [3.05, 3.63) is 17.7 Å². The number of carbonyl (C=O) groups is 1. The number of hydrogen-bond acceptors (Lipinski definition) is 5. The Morgan fingerprint density at radius 2 is 2.17 bits per heavy atom. The lowest BCUT2D eigenvalue weighted by atomic mass is 10.4. The first-order chi connectivity index (χ1) is 8.72. The van der Waals surface area contributed by atoms with Gasteiger partial charge in [-0.15, -0.1) is 0 Å². The number of imidazole rings is 1. The molecule has 1 aromatic heterocycles. The van der Waals surface area contributed by atoms with Crippen LogP contribution >= 0.6 is 0 Å². The molecule has 6 nitrogen and oxygen atoms in total. The van der Waals surface area contributed by atoms with Crippen molar-refractivity contribution in [2.45, 2.75) is 13.5 Å². The lowest BCUT2D eigenvalue weighted by molar-refractivity contribution is 0.0359. The minimum absolute atomic E-state index is 0.336. The quantitative estimate of drug-likeness (QED) is 0.723. The summed E-state index contributed by atoms with van der Waals surface area (Å²) < 4.78 is 12.0. The lowest BCUT2D eigenvalue weighted by Crippen LogP contribution is -2.38. The highest BCUT2D eigenvalue weighted by atomic mass is 16.5. The highest BCUT2D eigenvalue weighted by Crippen LogP contribution is 2.07. The summed E-state index contributed by atoms with van der Waals surface area (Å²) in [5.74, 6) is 0.501. The molecule has 0 saturated carbocycles. The van der Waals surface area contributed by atoms with Crippen molar-refractivity contribution in [2.75, 3.05) is 40.0 Å². The fourth-order valence-corrected chi connectivity index (χ4v) is 2.08. The van der Waals surface area contributed by atoms with Gasteiger partial charge in [0, 0.05) is 26.2 Å². The highest BCUT2D eigenvalue weighted by Gasteiger charge is 2.16.